The van der Waals surface area contributed by atoms with Crippen molar-refractivity contribution in [2.24, 2.45) is 0 Å². The molecular weight excluding hydrogens is 310 g/mol. The SMILES string of the molecule is C=Cc1cc(O)cc(F)c1.Fc1ccccc1.Oc1ccccc1. The highest BCUT2D eigenvalue weighted by Gasteiger charge is 1.94. The summed E-state index contributed by atoms with van der Waals surface area (Å²) in [7, 11) is 0. The summed E-state index contributed by atoms with van der Waals surface area (Å²) in [5.74, 6) is -0.380. The second-order valence-electron chi connectivity index (χ2n) is 4.58. The molecule has 0 radical (unpaired) electrons. The lowest BCUT2D eigenvalue weighted by atomic mass is 10.2. The highest BCUT2D eigenvalue weighted by atomic mass is 19.1. The van der Waals surface area contributed by atoms with Crippen LogP contribution in [0.4, 0.5) is 8.78 Å². The summed E-state index contributed by atoms with van der Waals surface area (Å²) < 4.78 is 24.3. The van der Waals surface area contributed by atoms with Crippen LogP contribution < -0.4 is 0 Å². The number of phenolic OH excluding ortho intramolecular Hbond substituents is 2. The Labute approximate surface area is 140 Å². The van der Waals surface area contributed by atoms with Crippen molar-refractivity contribution in [2.75, 3.05) is 0 Å². The molecule has 0 spiro atoms. The lowest BCUT2D eigenvalue weighted by Gasteiger charge is -1.94. The fourth-order valence-electron chi connectivity index (χ4n) is 1.56. The van der Waals surface area contributed by atoms with Crippen molar-refractivity contribution >= 4 is 6.08 Å². The summed E-state index contributed by atoms with van der Waals surface area (Å²) in [6, 6.07) is 20.4. The first kappa shape index (κ1) is 18.9. The largest absolute Gasteiger partial charge is 0.508 e. The van der Waals surface area contributed by atoms with Crippen molar-refractivity contribution in [3.8, 4) is 11.5 Å². The van der Waals surface area contributed by atoms with Crippen LogP contribution in [0.5, 0.6) is 11.5 Å². The highest BCUT2D eigenvalue weighted by Crippen LogP contribution is 2.14. The molecule has 0 aliphatic rings. The van der Waals surface area contributed by atoms with Crippen LogP contribution >= 0.6 is 0 Å². The molecule has 0 bridgehead atoms. The molecule has 0 atom stereocenters. The smallest absolute Gasteiger partial charge is 0.127 e. The zero-order chi connectivity index (χ0) is 17.8. The Bertz CT molecular complexity index is 671. The van der Waals surface area contributed by atoms with Gasteiger partial charge < -0.3 is 10.2 Å². The van der Waals surface area contributed by atoms with Gasteiger partial charge in [-0.25, -0.2) is 8.78 Å². The average molecular weight is 328 g/mol. The minimum Gasteiger partial charge on any atom is -0.508 e. The van der Waals surface area contributed by atoms with Gasteiger partial charge in [0.1, 0.15) is 23.1 Å². The monoisotopic (exact) mass is 328 g/mol. The third-order valence-corrected chi connectivity index (χ3v) is 2.63. The third-order valence-electron chi connectivity index (χ3n) is 2.63. The summed E-state index contributed by atoms with van der Waals surface area (Å²) >= 11 is 0. The minimum absolute atomic E-state index is 0.0742. The van der Waals surface area contributed by atoms with E-state index in [4.69, 9.17) is 10.2 Å². The maximum atomic E-state index is 12.4. The molecule has 3 rings (SSSR count). The Morgan fingerprint density at radius 1 is 0.667 bits per heavy atom. The van der Waals surface area contributed by atoms with Gasteiger partial charge in [-0.15, -0.1) is 0 Å². The standard InChI is InChI=1S/C8H7FO.C6H5F.C6H6O/c1-2-6-3-7(9)5-8(10)4-6;2*7-6-4-2-1-3-5-6/h2-5,10H,1H2;1-5H;1-5,7H. The fraction of sp³-hybridized carbons (Fsp3) is 0. The van der Waals surface area contributed by atoms with Crippen molar-refractivity contribution in [3.63, 3.8) is 0 Å². The van der Waals surface area contributed by atoms with Crippen LogP contribution in [0.25, 0.3) is 6.08 Å². The first-order valence-electron chi connectivity index (χ1n) is 7.08. The third kappa shape index (κ3) is 8.34. The molecule has 0 amide bonds. The minimum atomic E-state index is -0.449. The molecule has 0 aliphatic carbocycles. The molecule has 0 unspecified atom stereocenters. The topological polar surface area (TPSA) is 40.5 Å². The van der Waals surface area contributed by atoms with Crippen LogP contribution in [0.3, 0.4) is 0 Å². The first-order chi connectivity index (χ1) is 11.5. The number of hydrogen-bond acceptors (Lipinski definition) is 2. The molecule has 24 heavy (non-hydrogen) atoms. The number of para-hydroxylation sites is 1. The van der Waals surface area contributed by atoms with Crippen LogP contribution in [0.15, 0.2) is 85.4 Å². The molecule has 0 saturated carbocycles. The second-order valence-corrected chi connectivity index (χ2v) is 4.58. The molecule has 2 N–H and O–H groups in total. The Morgan fingerprint density at radius 3 is 1.54 bits per heavy atom. The van der Waals surface area contributed by atoms with E-state index in [2.05, 4.69) is 6.58 Å². The van der Waals surface area contributed by atoms with Crippen molar-refractivity contribution < 1.29 is 19.0 Å². The molecule has 3 aromatic carbocycles. The Kier molecular flexibility index (Phi) is 8.32. The average Bonchev–Trinajstić information content (AvgIpc) is 2.56. The number of halogens is 2. The number of aromatic hydroxyl groups is 2. The molecular formula is C20H18F2O2. The number of phenols is 2. The van der Waals surface area contributed by atoms with Gasteiger partial charge in [0.2, 0.25) is 0 Å². The molecule has 0 aromatic heterocycles. The van der Waals surface area contributed by atoms with E-state index >= 15 is 0 Å². The molecule has 0 fully saturated rings. The van der Waals surface area contributed by atoms with E-state index in [1.165, 1.54) is 30.3 Å². The molecule has 0 heterocycles. The highest BCUT2D eigenvalue weighted by molar-refractivity contribution is 5.49. The molecule has 3 aromatic rings. The zero-order valence-corrected chi connectivity index (χ0v) is 12.9. The first-order valence-corrected chi connectivity index (χ1v) is 7.08. The normalized spacial score (nSPS) is 8.92. The predicted molar refractivity (Wildman–Crippen MR) is 92.7 cm³/mol. The van der Waals surface area contributed by atoms with Gasteiger partial charge in [-0.1, -0.05) is 49.1 Å². The maximum Gasteiger partial charge on any atom is 0.127 e. The Hall–Kier alpha value is -3.14. The summed E-state index contributed by atoms with van der Waals surface area (Å²) in [6.07, 6.45) is 1.48. The summed E-state index contributed by atoms with van der Waals surface area (Å²) in [5, 5.41) is 17.5. The van der Waals surface area contributed by atoms with Gasteiger partial charge in [-0.2, -0.15) is 0 Å². The summed E-state index contributed by atoms with van der Waals surface area (Å²) in [5.41, 5.74) is 0.581. The van der Waals surface area contributed by atoms with Crippen LogP contribution in [0.2, 0.25) is 0 Å². The van der Waals surface area contributed by atoms with E-state index in [9.17, 15) is 8.78 Å². The van der Waals surface area contributed by atoms with E-state index in [-0.39, 0.29) is 11.6 Å². The Morgan fingerprint density at radius 2 is 1.21 bits per heavy atom. The lowest BCUT2D eigenvalue weighted by Crippen LogP contribution is -1.75. The van der Waals surface area contributed by atoms with Crippen LogP contribution in [0.1, 0.15) is 5.56 Å². The molecule has 0 aliphatic heterocycles. The van der Waals surface area contributed by atoms with E-state index in [0.717, 1.165) is 6.07 Å². The van der Waals surface area contributed by atoms with Crippen molar-refractivity contribution in [3.05, 3.63) is 103 Å². The molecule has 4 heteroatoms. The fourth-order valence-corrected chi connectivity index (χ4v) is 1.56. The van der Waals surface area contributed by atoms with Gasteiger partial charge in [-0.05, 0) is 42.0 Å². The van der Waals surface area contributed by atoms with Crippen molar-refractivity contribution in [1.82, 2.24) is 0 Å². The summed E-state index contributed by atoms with van der Waals surface area (Å²) in [6.45, 7) is 3.44. The van der Waals surface area contributed by atoms with Gasteiger partial charge in [0.25, 0.3) is 0 Å². The maximum absolute atomic E-state index is 12.4. The molecule has 2 nitrogen and oxygen atoms in total. The summed E-state index contributed by atoms with van der Waals surface area (Å²) in [4.78, 5) is 0. The number of rotatable bonds is 1. The van der Waals surface area contributed by atoms with E-state index < -0.39 is 5.82 Å². The predicted octanol–water partition coefficient (Wildman–Crippen LogP) is 5.39. The molecule has 124 valence electrons. The van der Waals surface area contributed by atoms with E-state index in [0.29, 0.717) is 11.3 Å². The van der Waals surface area contributed by atoms with Crippen molar-refractivity contribution in [2.45, 2.75) is 0 Å². The Balaban J connectivity index is 0.000000185. The van der Waals surface area contributed by atoms with Crippen molar-refractivity contribution in [1.29, 1.82) is 0 Å². The molecule has 0 saturated heterocycles. The van der Waals surface area contributed by atoms with Crippen LogP contribution in [-0.4, -0.2) is 10.2 Å². The van der Waals surface area contributed by atoms with Gasteiger partial charge in [0.15, 0.2) is 0 Å². The quantitative estimate of drug-likeness (QED) is 0.628. The lowest BCUT2D eigenvalue weighted by molar-refractivity contribution is 0.469. The van der Waals surface area contributed by atoms with Gasteiger partial charge in [0, 0.05) is 6.07 Å². The zero-order valence-electron chi connectivity index (χ0n) is 12.9. The van der Waals surface area contributed by atoms with Gasteiger partial charge >= 0.3 is 0 Å². The van der Waals surface area contributed by atoms with Crippen LogP contribution in [0, 0.1) is 11.6 Å². The van der Waals surface area contributed by atoms with E-state index in [1.807, 2.05) is 6.07 Å². The number of hydrogen-bond donors (Lipinski definition) is 2. The van der Waals surface area contributed by atoms with Gasteiger partial charge in [0.05, 0.1) is 0 Å². The van der Waals surface area contributed by atoms with E-state index in [1.54, 1.807) is 42.5 Å². The second kappa shape index (κ2) is 10.6. The number of benzene rings is 3. The van der Waals surface area contributed by atoms with Crippen LogP contribution in [-0.2, 0) is 0 Å². The van der Waals surface area contributed by atoms with Gasteiger partial charge in [-0.3, -0.25) is 0 Å².